The normalized spacial score (nSPS) is 13.8. The summed E-state index contributed by atoms with van der Waals surface area (Å²) in [7, 11) is 0. The second kappa shape index (κ2) is 2.70. The minimum absolute atomic E-state index is 1.28. The summed E-state index contributed by atoms with van der Waals surface area (Å²) >= 11 is 0. The molecule has 1 aliphatic rings. The van der Waals surface area contributed by atoms with E-state index in [0.29, 0.717) is 0 Å². The molecule has 0 heteroatoms. The van der Waals surface area contributed by atoms with Gasteiger partial charge in [0, 0.05) is 0 Å². The van der Waals surface area contributed by atoms with Gasteiger partial charge in [0.25, 0.3) is 0 Å². The van der Waals surface area contributed by atoms with E-state index in [0.717, 1.165) is 0 Å². The van der Waals surface area contributed by atoms with Gasteiger partial charge in [-0.2, -0.15) is 0 Å². The van der Waals surface area contributed by atoms with Gasteiger partial charge in [-0.1, -0.05) is 11.6 Å². The third-order valence-electron chi connectivity index (χ3n) is 0.612. The monoisotopic (exact) mass is 82.1 g/mol. The molecule has 0 aliphatic heterocycles. The molecule has 0 bridgehead atoms. The van der Waals surface area contributed by atoms with Crippen LogP contribution in [0.5, 0.6) is 0 Å². The zero-order valence-corrected chi connectivity index (χ0v) is 4.20. The van der Waals surface area contributed by atoms with Crippen molar-refractivity contribution in [2.45, 2.75) is 13.3 Å². The average Bonchev–Trinajstić information content (AvgIpc) is 2.30. The van der Waals surface area contributed by atoms with Crippen LogP contribution in [0.4, 0.5) is 0 Å². The van der Waals surface area contributed by atoms with Crippen molar-refractivity contribution >= 4 is 0 Å². The largest absolute Gasteiger partial charge is 0.106 e. The maximum Gasteiger partial charge on any atom is -0.0139 e. The van der Waals surface area contributed by atoms with Gasteiger partial charge in [-0.3, -0.25) is 0 Å². The standard InChI is InChI=1S/C4H6.C2H4/c1-4-2-3-4;1-2/h2H,3H2,1H3;1-2H2. The van der Waals surface area contributed by atoms with Crippen LogP contribution in [0.3, 0.4) is 0 Å². The first-order chi connectivity index (χ1) is 2.89. The summed E-state index contributed by atoms with van der Waals surface area (Å²) in [5.41, 5.74) is 1.54. The maximum atomic E-state index is 3.00. The Hall–Kier alpha value is -0.520. The molecule has 0 aromatic carbocycles. The van der Waals surface area contributed by atoms with Crippen molar-refractivity contribution in [3.63, 3.8) is 0 Å². The van der Waals surface area contributed by atoms with E-state index in [-0.39, 0.29) is 0 Å². The van der Waals surface area contributed by atoms with Crippen molar-refractivity contribution < 1.29 is 0 Å². The molecule has 0 aromatic heterocycles. The number of rotatable bonds is 0. The van der Waals surface area contributed by atoms with Gasteiger partial charge in [-0.25, -0.2) is 0 Å². The van der Waals surface area contributed by atoms with Gasteiger partial charge in [-0.15, -0.1) is 13.2 Å². The molecule has 1 aliphatic carbocycles. The van der Waals surface area contributed by atoms with Crippen LogP contribution >= 0.6 is 0 Å². The molecule has 0 fully saturated rings. The lowest BCUT2D eigenvalue weighted by Gasteiger charge is -1.47. The Morgan fingerprint density at radius 2 is 1.83 bits per heavy atom. The van der Waals surface area contributed by atoms with Crippen molar-refractivity contribution in [1.29, 1.82) is 0 Å². The fraction of sp³-hybridized carbons (Fsp3) is 0.333. The molecule has 0 saturated heterocycles. The molecule has 6 heavy (non-hydrogen) atoms. The lowest BCUT2D eigenvalue weighted by Crippen LogP contribution is -1.26. The molecule has 0 amide bonds. The van der Waals surface area contributed by atoms with Crippen molar-refractivity contribution in [3.05, 3.63) is 24.8 Å². The Balaban J connectivity index is 0.000000112. The number of allylic oxidation sites excluding steroid dienone is 2. The van der Waals surface area contributed by atoms with Crippen LogP contribution in [0.25, 0.3) is 0 Å². The minimum Gasteiger partial charge on any atom is -0.106 e. The second-order valence-corrected chi connectivity index (χ2v) is 1.25. The van der Waals surface area contributed by atoms with E-state index in [2.05, 4.69) is 26.2 Å². The molecular formula is C6H10. The van der Waals surface area contributed by atoms with E-state index in [4.69, 9.17) is 0 Å². The highest BCUT2D eigenvalue weighted by atomic mass is 14.0. The van der Waals surface area contributed by atoms with Crippen molar-refractivity contribution in [2.24, 2.45) is 0 Å². The van der Waals surface area contributed by atoms with Crippen LogP contribution in [0.2, 0.25) is 0 Å². The first kappa shape index (κ1) is 5.48. The van der Waals surface area contributed by atoms with Gasteiger partial charge >= 0.3 is 0 Å². The molecule has 0 radical (unpaired) electrons. The molecule has 0 unspecified atom stereocenters. The predicted molar refractivity (Wildman–Crippen MR) is 29.6 cm³/mol. The summed E-state index contributed by atoms with van der Waals surface area (Å²) in [6.07, 6.45) is 3.49. The third-order valence-corrected chi connectivity index (χ3v) is 0.612. The molecule has 34 valence electrons. The average molecular weight is 82.1 g/mol. The fourth-order valence-corrected chi connectivity index (χ4v) is 0.102. The van der Waals surface area contributed by atoms with Crippen LogP contribution in [0.1, 0.15) is 13.3 Å². The van der Waals surface area contributed by atoms with Gasteiger partial charge in [0.2, 0.25) is 0 Å². The molecule has 0 atom stereocenters. The fourth-order valence-electron chi connectivity index (χ4n) is 0.102. The zero-order valence-electron chi connectivity index (χ0n) is 4.20. The summed E-state index contributed by atoms with van der Waals surface area (Å²) in [6.45, 7) is 8.14. The Morgan fingerprint density at radius 1 is 1.67 bits per heavy atom. The van der Waals surface area contributed by atoms with Crippen LogP contribution in [-0.4, -0.2) is 0 Å². The van der Waals surface area contributed by atoms with Gasteiger partial charge in [0.1, 0.15) is 0 Å². The molecule has 0 heterocycles. The highest BCUT2D eigenvalue weighted by Crippen LogP contribution is 2.14. The van der Waals surface area contributed by atoms with Crippen LogP contribution < -0.4 is 0 Å². The van der Waals surface area contributed by atoms with E-state index >= 15 is 0 Å². The third kappa shape index (κ3) is 3.48. The predicted octanol–water partition coefficient (Wildman–Crippen LogP) is 2.14. The van der Waals surface area contributed by atoms with Gasteiger partial charge in [-0.05, 0) is 13.3 Å². The van der Waals surface area contributed by atoms with Crippen LogP contribution in [0.15, 0.2) is 24.8 Å². The highest BCUT2D eigenvalue weighted by molar-refractivity contribution is 5.17. The van der Waals surface area contributed by atoms with E-state index in [9.17, 15) is 0 Å². The SMILES string of the molecule is C=C.CC1=CC1. The van der Waals surface area contributed by atoms with E-state index in [1.807, 2.05) is 0 Å². The molecule has 0 nitrogen and oxygen atoms in total. The second-order valence-electron chi connectivity index (χ2n) is 1.25. The van der Waals surface area contributed by atoms with E-state index in [1.165, 1.54) is 6.42 Å². The van der Waals surface area contributed by atoms with Crippen molar-refractivity contribution in [1.82, 2.24) is 0 Å². The Kier molecular flexibility index (Phi) is 2.47. The van der Waals surface area contributed by atoms with Gasteiger partial charge in [0.15, 0.2) is 0 Å². The number of hydrogen-bond donors (Lipinski definition) is 0. The van der Waals surface area contributed by atoms with Gasteiger partial charge < -0.3 is 0 Å². The summed E-state index contributed by atoms with van der Waals surface area (Å²) in [5, 5.41) is 0. The summed E-state index contributed by atoms with van der Waals surface area (Å²) in [5.74, 6) is 0. The summed E-state index contributed by atoms with van der Waals surface area (Å²) in [4.78, 5) is 0. The first-order valence-corrected chi connectivity index (χ1v) is 2.05. The lowest BCUT2D eigenvalue weighted by molar-refractivity contribution is 1.48. The Labute approximate surface area is 39.2 Å². The topological polar surface area (TPSA) is 0 Å². The smallest absolute Gasteiger partial charge is 0.0139 e. The Bertz CT molecular complexity index is 60.4. The van der Waals surface area contributed by atoms with Crippen LogP contribution in [-0.2, 0) is 0 Å². The molecule has 0 saturated carbocycles. The summed E-state index contributed by atoms with van der Waals surface area (Å²) < 4.78 is 0. The molecule has 0 spiro atoms. The first-order valence-electron chi connectivity index (χ1n) is 2.05. The Morgan fingerprint density at radius 3 is 1.83 bits per heavy atom. The van der Waals surface area contributed by atoms with E-state index in [1.54, 1.807) is 5.57 Å². The lowest BCUT2D eigenvalue weighted by atomic mass is 10.6. The molecule has 1 rings (SSSR count). The molecular weight excluding hydrogens is 72.1 g/mol. The minimum atomic E-state index is 1.28. The molecule has 0 aromatic rings. The molecule has 0 N–H and O–H groups in total. The van der Waals surface area contributed by atoms with Gasteiger partial charge in [0.05, 0.1) is 0 Å². The van der Waals surface area contributed by atoms with Crippen LogP contribution in [0, 0.1) is 0 Å². The van der Waals surface area contributed by atoms with Crippen molar-refractivity contribution in [2.75, 3.05) is 0 Å². The van der Waals surface area contributed by atoms with E-state index < -0.39 is 0 Å². The quantitative estimate of drug-likeness (QED) is 0.393. The maximum absolute atomic E-state index is 3.00. The zero-order chi connectivity index (χ0) is 4.99. The van der Waals surface area contributed by atoms with Crippen molar-refractivity contribution in [3.8, 4) is 0 Å². The number of hydrogen-bond acceptors (Lipinski definition) is 0. The highest BCUT2D eigenvalue weighted by Gasteiger charge is 1.94. The summed E-state index contributed by atoms with van der Waals surface area (Å²) in [6, 6.07) is 0.